The van der Waals surface area contributed by atoms with E-state index < -0.39 is 0 Å². The highest BCUT2D eigenvalue weighted by atomic mass is 16.2. The maximum Gasteiger partial charge on any atom is 0.223 e. The third-order valence-electron chi connectivity index (χ3n) is 4.17. The number of amides is 2. The first-order valence-electron chi connectivity index (χ1n) is 8.69. The third kappa shape index (κ3) is 5.75. The molecule has 2 aromatic carbocycles. The molecule has 0 spiro atoms. The second kappa shape index (κ2) is 9.02. The fourth-order valence-electron chi connectivity index (χ4n) is 2.70. The lowest BCUT2D eigenvalue weighted by Crippen LogP contribution is -2.33. The van der Waals surface area contributed by atoms with Crippen molar-refractivity contribution in [2.24, 2.45) is 0 Å². The van der Waals surface area contributed by atoms with E-state index in [1.54, 1.807) is 4.90 Å². The molecule has 0 bridgehead atoms. The number of hydrogen-bond acceptors (Lipinski definition) is 2. The Hall–Kier alpha value is -2.62. The lowest BCUT2D eigenvalue weighted by atomic mass is 10.1. The summed E-state index contributed by atoms with van der Waals surface area (Å²) in [5.41, 5.74) is 4.30. The Kier molecular flexibility index (Phi) is 6.75. The zero-order chi connectivity index (χ0) is 18.2. The molecule has 0 heterocycles. The van der Waals surface area contributed by atoms with Crippen LogP contribution in [0, 0.1) is 6.92 Å². The quantitative estimate of drug-likeness (QED) is 0.838. The average molecular weight is 338 g/mol. The van der Waals surface area contributed by atoms with E-state index in [2.05, 4.69) is 18.3 Å². The second-order valence-corrected chi connectivity index (χ2v) is 6.21. The van der Waals surface area contributed by atoms with E-state index in [4.69, 9.17) is 0 Å². The minimum Gasteiger partial charge on any atom is -0.352 e. The molecule has 0 fully saturated rings. The summed E-state index contributed by atoms with van der Waals surface area (Å²) in [4.78, 5) is 25.7. The molecule has 1 N–H and O–H groups in total. The Bertz CT molecular complexity index is 723. The molecule has 0 aliphatic heterocycles. The molecule has 2 amide bonds. The number of carbonyl (C=O) groups excluding carboxylic acids is 2. The number of hydrogen-bond donors (Lipinski definition) is 1. The van der Waals surface area contributed by atoms with Crippen LogP contribution in [0.25, 0.3) is 0 Å². The number of rotatable bonds is 7. The van der Waals surface area contributed by atoms with Crippen LogP contribution in [-0.4, -0.2) is 18.4 Å². The summed E-state index contributed by atoms with van der Waals surface area (Å²) in [6, 6.07) is 16.0. The van der Waals surface area contributed by atoms with Gasteiger partial charge in [0.15, 0.2) is 0 Å². The Morgan fingerprint density at radius 1 is 1.04 bits per heavy atom. The van der Waals surface area contributed by atoms with Crippen molar-refractivity contribution in [1.29, 1.82) is 0 Å². The van der Waals surface area contributed by atoms with Gasteiger partial charge in [-0.2, -0.15) is 0 Å². The van der Waals surface area contributed by atoms with Crippen molar-refractivity contribution in [3.05, 3.63) is 65.2 Å². The lowest BCUT2D eigenvalue weighted by molar-refractivity contribution is -0.121. The highest BCUT2D eigenvalue weighted by molar-refractivity contribution is 5.92. The van der Waals surface area contributed by atoms with Crippen molar-refractivity contribution >= 4 is 17.5 Å². The van der Waals surface area contributed by atoms with Crippen LogP contribution >= 0.6 is 0 Å². The highest BCUT2D eigenvalue weighted by Crippen LogP contribution is 2.16. The van der Waals surface area contributed by atoms with E-state index in [9.17, 15) is 9.59 Å². The van der Waals surface area contributed by atoms with E-state index in [0.29, 0.717) is 13.1 Å². The molecule has 0 aliphatic rings. The van der Waals surface area contributed by atoms with Crippen molar-refractivity contribution in [2.45, 2.75) is 40.2 Å². The highest BCUT2D eigenvalue weighted by Gasteiger charge is 2.13. The molecule has 132 valence electrons. The molecule has 0 unspecified atom stereocenters. The van der Waals surface area contributed by atoms with E-state index >= 15 is 0 Å². The number of benzene rings is 2. The summed E-state index contributed by atoms with van der Waals surface area (Å²) in [5.74, 6) is -0.117. The van der Waals surface area contributed by atoms with Crippen molar-refractivity contribution in [1.82, 2.24) is 5.32 Å². The molecule has 0 atom stereocenters. The van der Waals surface area contributed by atoms with Crippen molar-refractivity contribution < 1.29 is 9.59 Å². The van der Waals surface area contributed by atoms with Crippen LogP contribution in [0.4, 0.5) is 5.69 Å². The van der Waals surface area contributed by atoms with Gasteiger partial charge in [0.1, 0.15) is 0 Å². The van der Waals surface area contributed by atoms with E-state index in [-0.39, 0.29) is 18.2 Å². The number of nitrogens with one attached hydrogen (secondary N) is 1. The summed E-state index contributed by atoms with van der Waals surface area (Å²) in [7, 11) is 0. The number of carbonyl (C=O) groups is 2. The summed E-state index contributed by atoms with van der Waals surface area (Å²) in [6.45, 7) is 6.53. The topological polar surface area (TPSA) is 49.4 Å². The molecule has 0 aliphatic carbocycles. The first-order chi connectivity index (χ1) is 12.0. The minimum absolute atomic E-state index is 0.0575. The van der Waals surface area contributed by atoms with Gasteiger partial charge in [0.25, 0.3) is 0 Å². The monoisotopic (exact) mass is 338 g/mol. The van der Waals surface area contributed by atoms with Crippen LogP contribution in [0.5, 0.6) is 0 Å². The van der Waals surface area contributed by atoms with Crippen LogP contribution in [0.2, 0.25) is 0 Å². The van der Waals surface area contributed by atoms with Crippen LogP contribution < -0.4 is 10.2 Å². The van der Waals surface area contributed by atoms with Gasteiger partial charge in [-0.05, 0) is 36.6 Å². The van der Waals surface area contributed by atoms with Crippen molar-refractivity contribution in [3.63, 3.8) is 0 Å². The van der Waals surface area contributed by atoms with Crippen molar-refractivity contribution in [3.8, 4) is 0 Å². The van der Waals surface area contributed by atoms with E-state index in [1.807, 2.05) is 49.4 Å². The van der Waals surface area contributed by atoms with Gasteiger partial charge in [0.2, 0.25) is 11.8 Å². The maximum absolute atomic E-state index is 12.1. The second-order valence-electron chi connectivity index (χ2n) is 6.21. The zero-order valence-electron chi connectivity index (χ0n) is 15.2. The minimum atomic E-state index is -0.0595. The van der Waals surface area contributed by atoms with Gasteiger partial charge in [0.05, 0.1) is 0 Å². The standard InChI is InChI=1S/C21H26N2O2/c1-4-18-8-10-20(11-9-18)23(17(3)24)13-12-21(25)22-15-19-7-5-6-16(2)14-19/h5-11,14H,4,12-13,15H2,1-3H3,(H,22,25). The molecule has 0 aromatic heterocycles. The molecule has 0 saturated carbocycles. The summed E-state index contributed by atoms with van der Waals surface area (Å²) >= 11 is 0. The van der Waals surface area contributed by atoms with Crippen LogP contribution in [0.3, 0.4) is 0 Å². The smallest absolute Gasteiger partial charge is 0.223 e. The maximum atomic E-state index is 12.1. The largest absolute Gasteiger partial charge is 0.352 e. The van der Waals surface area contributed by atoms with Gasteiger partial charge in [-0.15, -0.1) is 0 Å². The molecule has 0 radical (unpaired) electrons. The lowest BCUT2D eigenvalue weighted by Gasteiger charge is -2.21. The molecule has 2 aromatic rings. The fourth-order valence-corrected chi connectivity index (χ4v) is 2.70. The number of nitrogens with zero attached hydrogens (tertiary/aromatic N) is 1. The van der Waals surface area contributed by atoms with Gasteiger partial charge in [-0.3, -0.25) is 9.59 Å². The molecule has 4 heteroatoms. The Morgan fingerprint density at radius 3 is 2.36 bits per heavy atom. The Morgan fingerprint density at radius 2 is 1.76 bits per heavy atom. The van der Waals surface area contributed by atoms with E-state index in [0.717, 1.165) is 17.7 Å². The average Bonchev–Trinajstić information content (AvgIpc) is 2.60. The Balaban J connectivity index is 1.89. The summed E-state index contributed by atoms with van der Waals surface area (Å²) in [5, 5.41) is 2.91. The fraction of sp³-hybridized carbons (Fsp3) is 0.333. The van der Waals surface area contributed by atoms with Gasteiger partial charge in [0, 0.05) is 32.1 Å². The van der Waals surface area contributed by atoms with E-state index in [1.165, 1.54) is 18.1 Å². The van der Waals surface area contributed by atoms with Gasteiger partial charge in [-0.1, -0.05) is 48.9 Å². The third-order valence-corrected chi connectivity index (χ3v) is 4.17. The van der Waals surface area contributed by atoms with Gasteiger partial charge < -0.3 is 10.2 Å². The molecular formula is C21H26N2O2. The number of aryl methyl sites for hydroxylation is 2. The number of anilines is 1. The van der Waals surface area contributed by atoms with Gasteiger partial charge in [-0.25, -0.2) is 0 Å². The normalized spacial score (nSPS) is 10.4. The SMILES string of the molecule is CCc1ccc(N(CCC(=O)NCc2cccc(C)c2)C(C)=O)cc1. The molecule has 4 nitrogen and oxygen atoms in total. The van der Waals surface area contributed by atoms with Crippen LogP contribution in [0.15, 0.2) is 48.5 Å². The molecule has 25 heavy (non-hydrogen) atoms. The Labute approximate surface area is 149 Å². The molecule has 2 rings (SSSR count). The zero-order valence-corrected chi connectivity index (χ0v) is 15.2. The van der Waals surface area contributed by atoms with Gasteiger partial charge >= 0.3 is 0 Å². The predicted octanol–water partition coefficient (Wildman–Crippen LogP) is 3.62. The van der Waals surface area contributed by atoms with Crippen LogP contribution in [0.1, 0.15) is 37.0 Å². The predicted molar refractivity (Wildman–Crippen MR) is 101 cm³/mol. The summed E-state index contributed by atoms with van der Waals surface area (Å²) in [6.07, 6.45) is 1.24. The van der Waals surface area contributed by atoms with Crippen LogP contribution in [-0.2, 0) is 22.6 Å². The summed E-state index contributed by atoms with van der Waals surface area (Å²) < 4.78 is 0. The molecular weight excluding hydrogens is 312 g/mol. The van der Waals surface area contributed by atoms with Crippen molar-refractivity contribution in [2.75, 3.05) is 11.4 Å². The molecule has 0 saturated heterocycles. The first-order valence-corrected chi connectivity index (χ1v) is 8.69. The first kappa shape index (κ1) is 18.7.